The van der Waals surface area contributed by atoms with E-state index in [0.29, 0.717) is 29.0 Å². The Hall–Kier alpha value is -4.75. The van der Waals surface area contributed by atoms with Crippen LogP contribution in [0.25, 0.3) is 44.4 Å². The van der Waals surface area contributed by atoms with E-state index in [-0.39, 0.29) is 5.56 Å². The monoisotopic (exact) mass is 572 g/mol. The first-order chi connectivity index (χ1) is 19.1. The summed E-state index contributed by atoms with van der Waals surface area (Å²) in [5, 5.41) is 7.16. The predicted octanol–water partition coefficient (Wildman–Crippen LogP) is 7.46. The average Bonchev–Trinajstić information content (AvgIpc) is 3.55. The molecule has 39 heavy (non-hydrogen) atoms. The second-order valence-corrected chi connectivity index (χ2v) is 10.2. The number of para-hydroxylation sites is 3. The van der Waals surface area contributed by atoms with Crippen LogP contribution in [0.3, 0.4) is 0 Å². The molecule has 0 N–H and O–H groups in total. The van der Waals surface area contributed by atoms with Gasteiger partial charge < -0.3 is 8.98 Å². The molecule has 0 aliphatic rings. The van der Waals surface area contributed by atoms with E-state index in [4.69, 9.17) is 14.5 Å². The quantitative estimate of drug-likeness (QED) is 0.201. The SMILES string of the molecule is O=c1c2ccccc2nc(-c2cc3ccccc3o2)n1N=Cc1cn(Cc2ccc(Br)cc2)c2ccccc12. The van der Waals surface area contributed by atoms with Crippen molar-refractivity contribution in [3.63, 3.8) is 0 Å². The molecule has 3 aromatic heterocycles. The third kappa shape index (κ3) is 4.27. The molecule has 0 atom stereocenters. The molecular formula is C32H21BrN4O2. The van der Waals surface area contributed by atoms with Crippen LogP contribution in [0.2, 0.25) is 0 Å². The van der Waals surface area contributed by atoms with Crippen LogP contribution in [0.4, 0.5) is 0 Å². The van der Waals surface area contributed by atoms with Gasteiger partial charge >= 0.3 is 0 Å². The van der Waals surface area contributed by atoms with Gasteiger partial charge in [0.05, 0.1) is 17.1 Å². The van der Waals surface area contributed by atoms with Crippen LogP contribution < -0.4 is 5.56 Å². The Morgan fingerprint density at radius 1 is 0.872 bits per heavy atom. The van der Waals surface area contributed by atoms with E-state index in [1.165, 1.54) is 10.2 Å². The smallest absolute Gasteiger partial charge is 0.282 e. The number of nitrogens with zero attached hydrogens (tertiary/aromatic N) is 4. The standard InChI is InChI=1S/C32H21BrN4O2/c33-24-15-13-21(14-16-24)19-36-20-23(25-8-3-5-11-28(25)36)18-34-37-31(30-17-22-7-1-6-12-29(22)39-30)35-27-10-4-2-9-26(27)32(37)38/h1-18,20H,19H2. The van der Waals surface area contributed by atoms with Crippen molar-refractivity contribution in [1.29, 1.82) is 0 Å². The Morgan fingerprint density at radius 3 is 2.46 bits per heavy atom. The number of fused-ring (bicyclic) bond motifs is 3. The highest BCUT2D eigenvalue weighted by molar-refractivity contribution is 9.10. The van der Waals surface area contributed by atoms with Gasteiger partial charge in [0.1, 0.15) is 5.58 Å². The first kappa shape index (κ1) is 23.4. The van der Waals surface area contributed by atoms with Crippen LogP contribution in [0.1, 0.15) is 11.1 Å². The lowest BCUT2D eigenvalue weighted by atomic mass is 10.2. The second kappa shape index (κ2) is 9.53. The lowest BCUT2D eigenvalue weighted by Crippen LogP contribution is -2.20. The van der Waals surface area contributed by atoms with Crippen molar-refractivity contribution in [2.45, 2.75) is 6.54 Å². The summed E-state index contributed by atoms with van der Waals surface area (Å²) in [6.07, 6.45) is 3.79. The summed E-state index contributed by atoms with van der Waals surface area (Å²) < 4.78 is 10.7. The summed E-state index contributed by atoms with van der Waals surface area (Å²) in [5.74, 6) is 0.832. The molecular weight excluding hydrogens is 552 g/mol. The minimum absolute atomic E-state index is 0.258. The highest BCUT2D eigenvalue weighted by Crippen LogP contribution is 2.27. The fourth-order valence-electron chi connectivity index (χ4n) is 4.90. The molecule has 0 bridgehead atoms. The number of halogens is 1. The van der Waals surface area contributed by atoms with E-state index in [0.717, 1.165) is 31.9 Å². The summed E-state index contributed by atoms with van der Waals surface area (Å²) in [5.41, 5.74) is 4.23. The van der Waals surface area contributed by atoms with Crippen molar-refractivity contribution in [3.05, 3.63) is 135 Å². The van der Waals surface area contributed by atoms with E-state index < -0.39 is 0 Å². The van der Waals surface area contributed by atoms with Gasteiger partial charge in [0.15, 0.2) is 5.76 Å². The molecule has 0 radical (unpaired) electrons. The molecule has 188 valence electrons. The lowest BCUT2D eigenvalue weighted by molar-refractivity contribution is 0.616. The Labute approximate surface area is 231 Å². The summed E-state index contributed by atoms with van der Waals surface area (Å²) in [4.78, 5) is 18.4. The lowest BCUT2D eigenvalue weighted by Gasteiger charge is -2.07. The van der Waals surface area contributed by atoms with E-state index >= 15 is 0 Å². The molecule has 0 unspecified atom stereocenters. The normalized spacial score (nSPS) is 11.8. The minimum atomic E-state index is -0.258. The Morgan fingerprint density at radius 2 is 1.62 bits per heavy atom. The van der Waals surface area contributed by atoms with Gasteiger partial charge in [-0.15, -0.1) is 0 Å². The number of hydrogen-bond acceptors (Lipinski definition) is 4. The van der Waals surface area contributed by atoms with E-state index in [1.807, 2.05) is 72.8 Å². The van der Waals surface area contributed by atoms with E-state index in [1.54, 1.807) is 12.3 Å². The zero-order chi connectivity index (χ0) is 26.3. The van der Waals surface area contributed by atoms with Crippen LogP contribution in [-0.4, -0.2) is 20.4 Å². The molecule has 7 heteroatoms. The number of aromatic nitrogens is 3. The van der Waals surface area contributed by atoms with Gasteiger partial charge in [0.25, 0.3) is 5.56 Å². The van der Waals surface area contributed by atoms with Crippen molar-refractivity contribution < 1.29 is 4.42 Å². The van der Waals surface area contributed by atoms with Gasteiger partial charge in [-0.3, -0.25) is 4.79 Å². The molecule has 0 saturated heterocycles. The average molecular weight is 573 g/mol. The first-order valence-corrected chi connectivity index (χ1v) is 13.3. The van der Waals surface area contributed by atoms with Crippen molar-refractivity contribution in [3.8, 4) is 11.6 Å². The second-order valence-electron chi connectivity index (χ2n) is 9.32. The highest BCUT2D eigenvalue weighted by atomic mass is 79.9. The Bertz CT molecular complexity index is 2050. The van der Waals surface area contributed by atoms with Crippen molar-refractivity contribution in [2.24, 2.45) is 5.10 Å². The van der Waals surface area contributed by atoms with Gasteiger partial charge in [-0.25, -0.2) is 4.98 Å². The topological polar surface area (TPSA) is 65.3 Å². The zero-order valence-corrected chi connectivity index (χ0v) is 22.2. The molecule has 4 aromatic carbocycles. The van der Waals surface area contributed by atoms with Crippen molar-refractivity contribution >= 4 is 54.9 Å². The molecule has 3 heterocycles. The molecule has 0 saturated carbocycles. The van der Waals surface area contributed by atoms with Gasteiger partial charge in [0, 0.05) is 39.1 Å². The predicted molar refractivity (Wildman–Crippen MR) is 159 cm³/mol. The maximum atomic E-state index is 13.7. The van der Waals surface area contributed by atoms with Gasteiger partial charge in [0.2, 0.25) is 5.82 Å². The maximum absolute atomic E-state index is 13.7. The van der Waals surface area contributed by atoms with Crippen LogP contribution in [0, 0.1) is 0 Å². The van der Waals surface area contributed by atoms with Gasteiger partial charge in [-0.2, -0.15) is 9.78 Å². The number of furan rings is 1. The van der Waals surface area contributed by atoms with E-state index in [2.05, 4.69) is 51.0 Å². The largest absolute Gasteiger partial charge is 0.453 e. The van der Waals surface area contributed by atoms with Crippen molar-refractivity contribution in [2.75, 3.05) is 0 Å². The molecule has 0 aliphatic heterocycles. The molecule has 7 rings (SSSR count). The first-order valence-electron chi connectivity index (χ1n) is 12.5. The molecule has 7 aromatic rings. The molecule has 6 nitrogen and oxygen atoms in total. The van der Waals surface area contributed by atoms with E-state index in [9.17, 15) is 4.79 Å². The highest BCUT2D eigenvalue weighted by Gasteiger charge is 2.17. The number of rotatable bonds is 5. The minimum Gasteiger partial charge on any atom is -0.453 e. The fraction of sp³-hybridized carbons (Fsp3) is 0.0312. The third-order valence-corrected chi connectivity index (χ3v) is 7.33. The Balaban J connectivity index is 1.37. The molecule has 0 fully saturated rings. The summed E-state index contributed by atoms with van der Waals surface area (Å²) in [6.45, 7) is 0.712. The Kier molecular flexibility index (Phi) is 5.71. The summed E-state index contributed by atoms with van der Waals surface area (Å²) in [7, 11) is 0. The molecule has 0 aliphatic carbocycles. The molecule has 0 amide bonds. The molecule has 0 spiro atoms. The fourth-order valence-corrected chi connectivity index (χ4v) is 5.16. The third-order valence-electron chi connectivity index (χ3n) is 6.80. The van der Waals surface area contributed by atoms with Crippen LogP contribution in [0.15, 0.2) is 128 Å². The van der Waals surface area contributed by atoms with Crippen LogP contribution in [0.5, 0.6) is 0 Å². The zero-order valence-electron chi connectivity index (χ0n) is 20.7. The number of hydrogen-bond donors (Lipinski definition) is 0. The maximum Gasteiger partial charge on any atom is 0.282 e. The summed E-state index contributed by atoms with van der Waals surface area (Å²) in [6, 6.07) is 33.4. The number of benzene rings is 4. The van der Waals surface area contributed by atoms with Crippen molar-refractivity contribution in [1.82, 2.24) is 14.2 Å². The summed E-state index contributed by atoms with van der Waals surface area (Å²) >= 11 is 3.51. The van der Waals surface area contributed by atoms with Gasteiger partial charge in [-0.1, -0.05) is 76.6 Å². The van der Waals surface area contributed by atoms with Crippen LogP contribution >= 0.6 is 15.9 Å². The van der Waals surface area contributed by atoms with Crippen LogP contribution in [-0.2, 0) is 6.54 Å². The van der Waals surface area contributed by atoms with Gasteiger partial charge in [-0.05, 0) is 48.0 Å².